The Morgan fingerprint density at radius 3 is 2.47 bits per heavy atom. The van der Waals surface area contributed by atoms with Crippen LogP contribution < -0.4 is 4.74 Å². The van der Waals surface area contributed by atoms with Gasteiger partial charge in [0.15, 0.2) is 5.78 Å². The third kappa shape index (κ3) is 2.78. The average molecular weight is 244 g/mol. The maximum Gasteiger partial charge on any atom is 0.416 e. The number of ketones is 1. The summed E-state index contributed by atoms with van der Waals surface area (Å²) in [7, 11) is 0. The van der Waals surface area contributed by atoms with Gasteiger partial charge in [0.2, 0.25) is 0 Å². The molecule has 0 unspecified atom stereocenters. The van der Waals surface area contributed by atoms with E-state index in [2.05, 4.69) is 0 Å². The van der Waals surface area contributed by atoms with Gasteiger partial charge in [0, 0.05) is 0 Å². The number of hydrogen-bond acceptors (Lipinski definition) is 2. The van der Waals surface area contributed by atoms with Crippen molar-refractivity contribution < 1.29 is 22.7 Å². The molecule has 1 aromatic rings. The van der Waals surface area contributed by atoms with Crippen molar-refractivity contribution in [2.45, 2.75) is 32.0 Å². The highest BCUT2D eigenvalue weighted by Crippen LogP contribution is 2.35. The highest BCUT2D eigenvalue weighted by molar-refractivity contribution is 5.97. The molecule has 1 aliphatic carbocycles. The summed E-state index contributed by atoms with van der Waals surface area (Å²) in [6.45, 7) is 1.23. The Kier molecular flexibility index (Phi) is 2.85. The molecule has 0 aliphatic heterocycles. The lowest BCUT2D eigenvalue weighted by atomic mass is 10.1. The zero-order valence-corrected chi connectivity index (χ0v) is 9.17. The maximum atomic E-state index is 12.5. The van der Waals surface area contributed by atoms with Crippen LogP contribution in [0.4, 0.5) is 13.2 Å². The van der Waals surface area contributed by atoms with E-state index in [0.717, 1.165) is 25.0 Å². The van der Waals surface area contributed by atoms with Crippen molar-refractivity contribution in [3.05, 3.63) is 29.3 Å². The number of ether oxygens (including phenoxy) is 1. The van der Waals surface area contributed by atoms with Crippen LogP contribution in [0.1, 0.15) is 35.7 Å². The fourth-order valence-corrected chi connectivity index (χ4v) is 1.45. The number of Topliss-reactive ketones (excluding diaryl/α,β-unsaturated/α-hetero) is 1. The topological polar surface area (TPSA) is 26.3 Å². The monoisotopic (exact) mass is 244 g/mol. The van der Waals surface area contributed by atoms with Gasteiger partial charge >= 0.3 is 6.18 Å². The second-order valence-corrected chi connectivity index (χ2v) is 4.08. The number of benzene rings is 1. The molecule has 1 saturated carbocycles. The van der Waals surface area contributed by atoms with Crippen LogP contribution in [-0.4, -0.2) is 11.9 Å². The molecule has 0 N–H and O–H groups in total. The van der Waals surface area contributed by atoms with Gasteiger partial charge in [-0.25, -0.2) is 0 Å². The Morgan fingerprint density at radius 2 is 2.00 bits per heavy atom. The third-order valence-electron chi connectivity index (χ3n) is 2.50. The van der Waals surface area contributed by atoms with Crippen LogP contribution >= 0.6 is 0 Å². The maximum absolute atomic E-state index is 12.5. The van der Waals surface area contributed by atoms with Crippen molar-refractivity contribution in [3.8, 4) is 5.75 Å². The number of alkyl halides is 3. The predicted molar refractivity (Wildman–Crippen MR) is 55.1 cm³/mol. The van der Waals surface area contributed by atoms with Gasteiger partial charge in [-0.2, -0.15) is 13.2 Å². The lowest BCUT2D eigenvalue weighted by Crippen LogP contribution is -2.09. The van der Waals surface area contributed by atoms with Crippen LogP contribution in [0, 0.1) is 0 Å². The molecule has 1 aliphatic rings. The van der Waals surface area contributed by atoms with Crippen molar-refractivity contribution in [1.29, 1.82) is 0 Å². The summed E-state index contributed by atoms with van der Waals surface area (Å²) in [4.78, 5) is 11.3. The van der Waals surface area contributed by atoms with Crippen LogP contribution in [0.25, 0.3) is 0 Å². The smallest absolute Gasteiger partial charge is 0.416 e. The first-order valence-electron chi connectivity index (χ1n) is 5.27. The van der Waals surface area contributed by atoms with Crippen molar-refractivity contribution in [1.82, 2.24) is 0 Å². The highest BCUT2D eigenvalue weighted by Gasteiger charge is 2.32. The molecule has 0 atom stereocenters. The molecule has 0 saturated heterocycles. The average Bonchev–Trinajstić information content (AvgIpc) is 3.00. The fourth-order valence-electron chi connectivity index (χ4n) is 1.45. The largest absolute Gasteiger partial charge is 0.490 e. The molecule has 0 spiro atoms. The first-order valence-corrected chi connectivity index (χ1v) is 5.27. The summed E-state index contributed by atoms with van der Waals surface area (Å²) < 4.78 is 42.9. The molecule has 0 amide bonds. The van der Waals surface area contributed by atoms with E-state index in [1.54, 1.807) is 0 Å². The summed E-state index contributed by atoms with van der Waals surface area (Å²) >= 11 is 0. The van der Waals surface area contributed by atoms with Crippen molar-refractivity contribution in [3.63, 3.8) is 0 Å². The van der Waals surface area contributed by atoms with E-state index in [1.165, 1.54) is 13.0 Å². The molecular formula is C12H11F3O2. The van der Waals surface area contributed by atoms with E-state index in [0.29, 0.717) is 0 Å². The van der Waals surface area contributed by atoms with Crippen molar-refractivity contribution in [2.75, 3.05) is 0 Å². The van der Waals surface area contributed by atoms with Crippen LogP contribution in [-0.2, 0) is 6.18 Å². The first-order chi connectivity index (χ1) is 7.88. The van der Waals surface area contributed by atoms with Gasteiger partial charge in [-0.3, -0.25) is 4.79 Å². The third-order valence-corrected chi connectivity index (χ3v) is 2.50. The van der Waals surface area contributed by atoms with Gasteiger partial charge < -0.3 is 4.74 Å². The molecular weight excluding hydrogens is 233 g/mol. The van der Waals surface area contributed by atoms with Crippen LogP contribution in [0.2, 0.25) is 0 Å². The standard InChI is InChI=1S/C12H11F3O2/c1-7(16)10-6-8(12(13,14)15)2-5-11(10)17-9-3-4-9/h2,5-6,9H,3-4H2,1H3. The Balaban J connectivity index is 2.36. The Hall–Kier alpha value is -1.52. The number of carbonyl (C=O) groups is 1. The summed E-state index contributed by atoms with van der Waals surface area (Å²) in [5, 5.41) is 0. The van der Waals surface area contributed by atoms with E-state index >= 15 is 0 Å². The summed E-state index contributed by atoms with van der Waals surface area (Å²) in [5.74, 6) is -0.181. The Bertz CT molecular complexity index is 448. The summed E-state index contributed by atoms with van der Waals surface area (Å²) in [6.07, 6.45) is -2.62. The van der Waals surface area contributed by atoms with Crippen LogP contribution in [0.3, 0.4) is 0 Å². The van der Waals surface area contributed by atoms with E-state index < -0.39 is 17.5 Å². The molecule has 2 nitrogen and oxygen atoms in total. The van der Waals surface area contributed by atoms with E-state index in [-0.39, 0.29) is 17.4 Å². The van der Waals surface area contributed by atoms with Gasteiger partial charge in [0.25, 0.3) is 0 Å². The molecule has 2 rings (SSSR count). The molecule has 0 heterocycles. The minimum absolute atomic E-state index is 0.00766. The van der Waals surface area contributed by atoms with E-state index in [1.807, 2.05) is 0 Å². The normalized spacial score (nSPS) is 15.8. The quantitative estimate of drug-likeness (QED) is 0.761. The Labute approximate surface area is 96.4 Å². The molecule has 0 bridgehead atoms. The molecule has 5 heteroatoms. The molecule has 17 heavy (non-hydrogen) atoms. The fraction of sp³-hybridized carbons (Fsp3) is 0.417. The zero-order valence-electron chi connectivity index (χ0n) is 9.17. The van der Waals surface area contributed by atoms with Gasteiger partial charge in [0.05, 0.1) is 17.2 Å². The van der Waals surface area contributed by atoms with Gasteiger partial charge in [-0.05, 0) is 38.0 Å². The Morgan fingerprint density at radius 1 is 1.35 bits per heavy atom. The van der Waals surface area contributed by atoms with Crippen LogP contribution in [0.5, 0.6) is 5.75 Å². The number of carbonyl (C=O) groups excluding carboxylic acids is 1. The minimum Gasteiger partial charge on any atom is -0.490 e. The number of halogens is 3. The SMILES string of the molecule is CC(=O)c1cc(C(F)(F)F)ccc1OC1CC1. The highest BCUT2D eigenvalue weighted by atomic mass is 19.4. The molecule has 1 fully saturated rings. The summed E-state index contributed by atoms with van der Waals surface area (Å²) in [5.41, 5.74) is -0.836. The lowest BCUT2D eigenvalue weighted by molar-refractivity contribution is -0.137. The molecule has 0 aromatic heterocycles. The number of hydrogen-bond donors (Lipinski definition) is 0. The second kappa shape index (κ2) is 4.05. The second-order valence-electron chi connectivity index (χ2n) is 4.08. The van der Waals surface area contributed by atoms with E-state index in [9.17, 15) is 18.0 Å². The molecule has 92 valence electrons. The van der Waals surface area contributed by atoms with E-state index in [4.69, 9.17) is 4.74 Å². The van der Waals surface area contributed by atoms with Crippen LogP contribution in [0.15, 0.2) is 18.2 Å². The van der Waals surface area contributed by atoms with Gasteiger partial charge in [-0.15, -0.1) is 0 Å². The van der Waals surface area contributed by atoms with Crippen molar-refractivity contribution in [2.24, 2.45) is 0 Å². The van der Waals surface area contributed by atoms with Gasteiger partial charge in [-0.1, -0.05) is 0 Å². The van der Waals surface area contributed by atoms with Gasteiger partial charge in [0.1, 0.15) is 5.75 Å². The molecule has 0 radical (unpaired) electrons. The zero-order chi connectivity index (χ0) is 12.6. The molecule has 1 aromatic carbocycles. The van der Waals surface area contributed by atoms with Crippen molar-refractivity contribution >= 4 is 5.78 Å². The first kappa shape index (κ1) is 12.0. The number of rotatable bonds is 3. The minimum atomic E-state index is -4.44. The lowest BCUT2D eigenvalue weighted by Gasteiger charge is -2.12. The predicted octanol–water partition coefficient (Wildman–Crippen LogP) is 3.45. The summed E-state index contributed by atoms with van der Waals surface area (Å²) in [6, 6.07) is 3.00.